The molecule has 2 N–H and O–H groups in total. The van der Waals surface area contributed by atoms with Gasteiger partial charge in [-0.15, -0.1) is 0 Å². The summed E-state index contributed by atoms with van der Waals surface area (Å²) in [5, 5.41) is 11.3. The Kier molecular flexibility index (Phi) is 6.28. The van der Waals surface area contributed by atoms with Gasteiger partial charge in [-0.2, -0.15) is 0 Å². The Balaban J connectivity index is 2.32. The number of carbonyl (C=O) groups excluding carboxylic acids is 1. The predicted octanol–water partition coefficient (Wildman–Crippen LogP) is 1.10. The quantitative estimate of drug-likeness (QED) is 0.780. The number of ether oxygens (including phenoxy) is 1. The largest absolute Gasteiger partial charge is 0.481 e. The van der Waals surface area contributed by atoms with Crippen molar-refractivity contribution in [1.82, 2.24) is 15.2 Å². The second kappa shape index (κ2) is 7.98. The van der Waals surface area contributed by atoms with Crippen molar-refractivity contribution in [3.05, 3.63) is 23.9 Å². The first-order chi connectivity index (χ1) is 9.52. The molecule has 1 aromatic heterocycles. The van der Waals surface area contributed by atoms with Crippen LogP contribution in [-0.4, -0.2) is 47.7 Å². The van der Waals surface area contributed by atoms with E-state index >= 15 is 0 Å². The van der Waals surface area contributed by atoms with Crippen LogP contribution in [0.5, 0.6) is 5.88 Å². The SMILES string of the molecule is COc1ccc(CNC(=O)N(C)CCCC(=O)O)cn1. The summed E-state index contributed by atoms with van der Waals surface area (Å²) in [5.41, 5.74) is 0.859. The van der Waals surface area contributed by atoms with Crippen LogP contribution in [0.4, 0.5) is 4.79 Å². The monoisotopic (exact) mass is 281 g/mol. The molecule has 0 saturated carbocycles. The highest BCUT2D eigenvalue weighted by Crippen LogP contribution is 2.06. The number of rotatable bonds is 7. The number of nitrogens with one attached hydrogen (secondary N) is 1. The van der Waals surface area contributed by atoms with E-state index in [9.17, 15) is 9.59 Å². The molecule has 0 atom stereocenters. The van der Waals surface area contributed by atoms with E-state index in [4.69, 9.17) is 9.84 Å². The Morgan fingerprint density at radius 2 is 2.20 bits per heavy atom. The summed E-state index contributed by atoms with van der Waals surface area (Å²) in [6, 6.07) is 3.29. The Labute approximate surface area is 117 Å². The van der Waals surface area contributed by atoms with Crippen molar-refractivity contribution in [2.24, 2.45) is 0 Å². The zero-order valence-corrected chi connectivity index (χ0v) is 11.6. The maximum absolute atomic E-state index is 11.7. The summed E-state index contributed by atoms with van der Waals surface area (Å²) >= 11 is 0. The molecule has 0 aliphatic heterocycles. The molecule has 0 aromatic carbocycles. The molecule has 110 valence electrons. The molecule has 20 heavy (non-hydrogen) atoms. The minimum Gasteiger partial charge on any atom is -0.481 e. The molecule has 1 aromatic rings. The average molecular weight is 281 g/mol. The lowest BCUT2D eigenvalue weighted by Crippen LogP contribution is -2.37. The number of hydrogen-bond acceptors (Lipinski definition) is 4. The number of hydrogen-bond donors (Lipinski definition) is 2. The molecule has 1 heterocycles. The fourth-order valence-electron chi connectivity index (χ4n) is 1.52. The number of urea groups is 1. The molecule has 0 aliphatic carbocycles. The Morgan fingerprint density at radius 3 is 2.75 bits per heavy atom. The number of amides is 2. The van der Waals surface area contributed by atoms with Gasteiger partial charge in [-0.1, -0.05) is 6.07 Å². The number of carbonyl (C=O) groups is 2. The van der Waals surface area contributed by atoms with Gasteiger partial charge in [-0.25, -0.2) is 9.78 Å². The summed E-state index contributed by atoms with van der Waals surface area (Å²) < 4.78 is 4.94. The van der Waals surface area contributed by atoms with E-state index in [-0.39, 0.29) is 12.5 Å². The van der Waals surface area contributed by atoms with Gasteiger partial charge in [0.25, 0.3) is 0 Å². The molecule has 7 heteroatoms. The van der Waals surface area contributed by atoms with Gasteiger partial charge in [0.1, 0.15) is 0 Å². The van der Waals surface area contributed by atoms with Crippen LogP contribution in [0.25, 0.3) is 0 Å². The molecule has 0 unspecified atom stereocenters. The number of aliphatic carboxylic acids is 1. The van der Waals surface area contributed by atoms with E-state index in [2.05, 4.69) is 10.3 Å². The lowest BCUT2D eigenvalue weighted by molar-refractivity contribution is -0.137. The van der Waals surface area contributed by atoms with Crippen LogP contribution in [-0.2, 0) is 11.3 Å². The van der Waals surface area contributed by atoms with Gasteiger partial charge < -0.3 is 20.1 Å². The van der Waals surface area contributed by atoms with E-state index in [0.717, 1.165) is 5.56 Å². The lowest BCUT2D eigenvalue weighted by Gasteiger charge is -2.17. The van der Waals surface area contributed by atoms with Crippen LogP contribution in [0.2, 0.25) is 0 Å². The number of nitrogens with zero attached hydrogens (tertiary/aromatic N) is 2. The van der Waals surface area contributed by atoms with Crippen LogP contribution in [0, 0.1) is 0 Å². The van der Waals surface area contributed by atoms with Crippen molar-refractivity contribution >= 4 is 12.0 Å². The summed E-state index contributed by atoms with van der Waals surface area (Å²) in [5.74, 6) is -0.339. The molecule has 7 nitrogen and oxygen atoms in total. The van der Waals surface area contributed by atoms with Crippen LogP contribution in [0.3, 0.4) is 0 Å². The minimum absolute atomic E-state index is 0.0556. The molecular weight excluding hydrogens is 262 g/mol. The highest BCUT2D eigenvalue weighted by molar-refractivity contribution is 5.74. The van der Waals surface area contributed by atoms with E-state index in [1.54, 1.807) is 19.3 Å². The minimum atomic E-state index is -0.858. The zero-order chi connectivity index (χ0) is 15.0. The van der Waals surface area contributed by atoms with Gasteiger partial charge in [0.15, 0.2) is 0 Å². The van der Waals surface area contributed by atoms with E-state index in [1.165, 1.54) is 12.0 Å². The first-order valence-corrected chi connectivity index (χ1v) is 6.22. The van der Waals surface area contributed by atoms with Crippen molar-refractivity contribution in [2.45, 2.75) is 19.4 Å². The van der Waals surface area contributed by atoms with Gasteiger partial charge in [0, 0.05) is 38.8 Å². The molecule has 0 fully saturated rings. The molecule has 1 rings (SSSR count). The number of carboxylic acid groups (broad SMARTS) is 1. The van der Waals surface area contributed by atoms with E-state index in [1.807, 2.05) is 6.07 Å². The van der Waals surface area contributed by atoms with Gasteiger partial charge >= 0.3 is 12.0 Å². The first kappa shape index (κ1) is 15.7. The topological polar surface area (TPSA) is 91.8 Å². The molecule has 0 spiro atoms. The second-order valence-corrected chi connectivity index (χ2v) is 4.29. The first-order valence-electron chi connectivity index (χ1n) is 6.22. The maximum Gasteiger partial charge on any atom is 0.317 e. The van der Waals surface area contributed by atoms with Gasteiger partial charge in [0.2, 0.25) is 5.88 Å². The highest BCUT2D eigenvalue weighted by Gasteiger charge is 2.08. The number of methoxy groups -OCH3 is 1. The molecule has 2 amide bonds. The molecule has 0 radical (unpaired) electrons. The summed E-state index contributed by atoms with van der Waals surface area (Å²) in [4.78, 5) is 27.6. The normalized spacial score (nSPS) is 9.90. The molecule has 0 aliphatic rings. The van der Waals surface area contributed by atoms with Gasteiger partial charge in [-0.05, 0) is 12.0 Å². The summed E-state index contributed by atoms with van der Waals surface area (Å²) in [7, 11) is 3.17. The number of pyridine rings is 1. The Hall–Kier alpha value is -2.31. The van der Waals surface area contributed by atoms with Gasteiger partial charge in [0.05, 0.1) is 7.11 Å². The van der Waals surface area contributed by atoms with E-state index in [0.29, 0.717) is 25.4 Å². The average Bonchev–Trinajstić information content (AvgIpc) is 2.44. The predicted molar refractivity (Wildman–Crippen MR) is 72.5 cm³/mol. The van der Waals surface area contributed by atoms with E-state index < -0.39 is 5.97 Å². The van der Waals surface area contributed by atoms with Crippen molar-refractivity contribution in [3.63, 3.8) is 0 Å². The van der Waals surface area contributed by atoms with Crippen LogP contribution in [0.15, 0.2) is 18.3 Å². The smallest absolute Gasteiger partial charge is 0.317 e. The summed E-state index contributed by atoms with van der Waals surface area (Å²) in [6.07, 6.45) is 2.12. The lowest BCUT2D eigenvalue weighted by atomic mass is 10.3. The number of aromatic nitrogens is 1. The van der Waals surface area contributed by atoms with Crippen molar-refractivity contribution in [2.75, 3.05) is 20.7 Å². The van der Waals surface area contributed by atoms with Crippen LogP contribution >= 0.6 is 0 Å². The van der Waals surface area contributed by atoms with Gasteiger partial charge in [-0.3, -0.25) is 4.79 Å². The third-order valence-electron chi connectivity index (χ3n) is 2.68. The Bertz CT molecular complexity index is 447. The highest BCUT2D eigenvalue weighted by atomic mass is 16.5. The molecular formula is C13H19N3O4. The second-order valence-electron chi connectivity index (χ2n) is 4.29. The third kappa shape index (κ3) is 5.55. The van der Waals surface area contributed by atoms with Crippen molar-refractivity contribution < 1.29 is 19.4 Å². The standard InChI is InChI=1S/C13H19N3O4/c1-16(7-3-4-12(17)18)13(19)15-9-10-5-6-11(20-2)14-8-10/h5-6,8H,3-4,7,9H2,1-2H3,(H,15,19)(H,17,18). The maximum atomic E-state index is 11.7. The molecule has 0 bridgehead atoms. The van der Waals surface area contributed by atoms with Crippen molar-refractivity contribution in [1.29, 1.82) is 0 Å². The van der Waals surface area contributed by atoms with Crippen LogP contribution < -0.4 is 10.1 Å². The fourth-order valence-corrected chi connectivity index (χ4v) is 1.52. The Morgan fingerprint density at radius 1 is 1.45 bits per heavy atom. The zero-order valence-electron chi connectivity index (χ0n) is 11.6. The molecule has 0 saturated heterocycles. The van der Waals surface area contributed by atoms with Crippen LogP contribution in [0.1, 0.15) is 18.4 Å². The summed E-state index contributed by atoms with van der Waals surface area (Å²) in [6.45, 7) is 0.762. The fraction of sp³-hybridized carbons (Fsp3) is 0.462. The third-order valence-corrected chi connectivity index (χ3v) is 2.68. The van der Waals surface area contributed by atoms with Crippen molar-refractivity contribution in [3.8, 4) is 5.88 Å². The number of carboxylic acids is 1.